The summed E-state index contributed by atoms with van der Waals surface area (Å²) in [7, 11) is 0. The molecule has 0 N–H and O–H groups in total. The first-order valence-electron chi connectivity index (χ1n) is 6.57. The molecule has 0 radical (unpaired) electrons. The van der Waals surface area contributed by atoms with Crippen LogP contribution in [0.1, 0.15) is 47.9 Å². The molecule has 1 aliphatic carbocycles. The van der Waals surface area contributed by atoms with Crippen LogP contribution in [0.15, 0.2) is 55.1 Å². The fraction of sp³-hybridized carbons (Fsp3) is 0.222. The highest BCUT2D eigenvalue weighted by molar-refractivity contribution is 5.83. The summed E-state index contributed by atoms with van der Waals surface area (Å²) in [6.07, 6.45) is 0. The van der Waals surface area contributed by atoms with E-state index in [0.717, 1.165) is 5.57 Å². The Morgan fingerprint density at radius 2 is 1.11 bits per heavy atom. The molecule has 0 bridgehead atoms. The zero-order valence-electron chi connectivity index (χ0n) is 11.0. The number of fused-ring (bicyclic) bond motifs is 2. The van der Waals surface area contributed by atoms with Crippen molar-refractivity contribution in [1.29, 1.82) is 0 Å². The van der Waals surface area contributed by atoms with E-state index in [1.165, 1.54) is 22.3 Å². The molecule has 90 valence electrons. The fourth-order valence-corrected chi connectivity index (χ4v) is 3.02. The van der Waals surface area contributed by atoms with Gasteiger partial charge in [-0.2, -0.15) is 0 Å². The van der Waals surface area contributed by atoms with Crippen LogP contribution in [-0.2, 0) is 0 Å². The molecular weight excluding hydrogens is 216 g/mol. The predicted octanol–water partition coefficient (Wildman–Crippen LogP) is 4.97. The summed E-state index contributed by atoms with van der Waals surface area (Å²) in [6.45, 7) is 8.96. The third kappa shape index (κ3) is 1.53. The average Bonchev–Trinajstić information content (AvgIpc) is 2.51. The molecule has 0 spiro atoms. The lowest BCUT2D eigenvalue weighted by Gasteiger charge is -2.20. The highest BCUT2D eigenvalue weighted by atomic mass is 14.3. The molecule has 0 heterocycles. The van der Waals surface area contributed by atoms with Crippen LogP contribution in [0.5, 0.6) is 0 Å². The van der Waals surface area contributed by atoms with Crippen molar-refractivity contribution in [3.05, 3.63) is 77.4 Å². The maximum atomic E-state index is 4.33. The van der Waals surface area contributed by atoms with Gasteiger partial charge in [-0.1, -0.05) is 69.0 Å². The Morgan fingerprint density at radius 1 is 0.722 bits per heavy atom. The highest BCUT2D eigenvalue weighted by Crippen LogP contribution is 2.43. The summed E-state index contributed by atoms with van der Waals surface area (Å²) >= 11 is 0. The van der Waals surface area contributed by atoms with Crippen molar-refractivity contribution in [2.24, 2.45) is 0 Å². The summed E-state index contributed by atoms with van der Waals surface area (Å²) < 4.78 is 0. The molecule has 2 atom stereocenters. The third-order valence-corrected chi connectivity index (χ3v) is 4.30. The first-order valence-corrected chi connectivity index (χ1v) is 6.57. The summed E-state index contributed by atoms with van der Waals surface area (Å²) in [5.41, 5.74) is 6.62. The molecule has 0 saturated carbocycles. The molecule has 0 nitrogen and oxygen atoms in total. The predicted molar refractivity (Wildman–Crippen MR) is 77.9 cm³/mol. The van der Waals surface area contributed by atoms with Crippen molar-refractivity contribution in [3.8, 4) is 0 Å². The molecule has 0 aliphatic heterocycles. The highest BCUT2D eigenvalue weighted by Gasteiger charge is 2.26. The van der Waals surface area contributed by atoms with E-state index in [1.807, 2.05) is 0 Å². The van der Waals surface area contributed by atoms with E-state index in [2.05, 4.69) is 69.0 Å². The molecule has 0 heteroatoms. The van der Waals surface area contributed by atoms with Crippen molar-refractivity contribution >= 4 is 5.57 Å². The molecule has 18 heavy (non-hydrogen) atoms. The van der Waals surface area contributed by atoms with Gasteiger partial charge in [0, 0.05) is 0 Å². The zero-order chi connectivity index (χ0) is 12.7. The van der Waals surface area contributed by atoms with Crippen molar-refractivity contribution in [1.82, 2.24) is 0 Å². The Bertz CT molecular complexity index is 553. The third-order valence-electron chi connectivity index (χ3n) is 4.30. The molecular formula is C18H18. The van der Waals surface area contributed by atoms with Gasteiger partial charge in [-0.05, 0) is 39.7 Å². The van der Waals surface area contributed by atoms with Crippen molar-refractivity contribution < 1.29 is 0 Å². The van der Waals surface area contributed by atoms with Gasteiger partial charge in [0.25, 0.3) is 0 Å². The number of hydrogen-bond acceptors (Lipinski definition) is 0. The first kappa shape index (κ1) is 11.3. The summed E-state index contributed by atoms with van der Waals surface area (Å²) in [5.74, 6) is 1.06. The molecule has 1 aliphatic rings. The lowest BCUT2D eigenvalue weighted by molar-refractivity contribution is 0.626. The van der Waals surface area contributed by atoms with Crippen LogP contribution in [0, 0.1) is 0 Å². The topological polar surface area (TPSA) is 0 Å². The Labute approximate surface area is 109 Å². The Hall–Kier alpha value is -1.82. The lowest BCUT2D eigenvalue weighted by atomic mass is 9.84. The quantitative estimate of drug-likeness (QED) is 0.603. The second-order valence-electron chi connectivity index (χ2n) is 5.23. The minimum absolute atomic E-state index is 0.529. The smallest absolute Gasteiger partial charge is 0.0118 e. The van der Waals surface area contributed by atoms with Crippen LogP contribution in [0.4, 0.5) is 0 Å². The van der Waals surface area contributed by atoms with Gasteiger partial charge >= 0.3 is 0 Å². The first-order chi connectivity index (χ1) is 8.70. The molecule has 2 aromatic carbocycles. The van der Waals surface area contributed by atoms with Gasteiger partial charge in [-0.15, -0.1) is 0 Å². The zero-order valence-corrected chi connectivity index (χ0v) is 11.0. The van der Waals surface area contributed by atoms with Gasteiger partial charge in [0.1, 0.15) is 0 Å². The van der Waals surface area contributed by atoms with E-state index >= 15 is 0 Å². The summed E-state index contributed by atoms with van der Waals surface area (Å²) in [4.78, 5) is 0. The fourth-order valence-electron chi connectivity index (χ4n) is 3.02. The van der Waals surface area contributed by atoms with E-state index in [9.17, 15) is 0 Å². The van der Waals surface area contributed by atoms with Gasteiger partial charge in [-0.3, -0.25) is 0 Å². The lowest BCUT2D eigenvalue weighted by Crippen LogP contribution is -2.04. The van der Waals surface area contributed by atoms with E-state index in [-0.39, 0.29) is 0 Å². The SMILES string of the molecule is C=C1c2ccccc2C(C)C(C)c2ccccc21. The van der Waals surface area contributed by atoms with Crippen LogP contribution in [-0.4, -0.2) is 0 Å². The Morgan fingerprint density at radius 3 is 1.56 bits per heavy atom. The summed E-state index contributed by atoms with van der Waals surface area (Å²) in [6, 6.07) is 17.4. The monoisotopic (exact) mass is 234 g/mol. The molecule has 2 aromatic rings. The number of benzene rings is 2. The van der Waals surface area contributed by atoms with Gasteiger partial charge in [-0.25, -0.2) is 0 Å². The van der Waals surface area contributed by atoms with E-state index < -0.39 is 0 Å². The van der Waals surface area contributed by atoms with Crippen LogP contribution < -0.4 is 0 Å². The maximum Gasteiger partial charge on any atom is -0.0118 e. The molecule has 0 fully saturated rings. The van der Waals surface area contributed by atoms with Gasteiger partial charge < -0.3 is 0 Å². The minimum Gasteiger partial charge on any atom is -0.0905 e. The molecule has 0 aromatic heterocycles. The standard InChI is InChI=1S/C18H18/c1-12-13(2)16-9-5-7-11-18(16)14(3)17-10-6-4-8-15(12)17/h4-13H,3H2,1-2H3. The Balaban J connectivity index is 2.31. The van der Waals surface area contributed by atoms with E-state index in [1.54, 1.807) is 0 Å². The molecule has 3 rings (SSSR count). The summed E-state index contributed by atoms with van der Waals surface area (Å²) in [5, 5.41) is 0. The van der Waals surface area contributed by atoms with Crippen molar-refractivity contribution in [2.75, 3.05) is 0 Å². The Kier molecular flexibility index (Phi) is 2.59. The van der Waals surface area contributed by atoms with Crippen LogP contribution in [0.2, 0.25) is 0 Å². The minimum atomic E-state index is 0.529. The van der Waals surface area contributed by atoms with Crippen molar-refractivity contribution in [3.63, 3.8) is 0 Å². The molecule has 0 amide bonds. The maximum absolute atomic E-state index is 4.33. The van der Waals surface area contributed by atoms with E-state index in [4.69, 9.17) is 0 Å². The number of hydrogen-bond donors (Lipinski definition) is 0. The van der Waals surface area contributed by atoms with Gasteiger partial charge in [0.2, 0.25) is 0 Å². The van der Waals surface area contributed by atoms with E-state index in [0.29, 0.717) is 11.8 Å². The van der Waals surface area contributed by atoms with Crippen LogP contribution in [0.25, 0.3) is 5.57 Å². The van der Waals surface area contributed by atoms with Crippen LogP contribution >= 0.6 is 0 Å². The van der Waals surface area contributed by atoms with Gasteiger partial charge in [0.05, 0.1) is 0 Å². The normalized spacial score (nSPS) is 22.0. The number of rotatable bonds is 0. The van der Waals surface area contributed by atoms with Gasteiger partial charge in [0.15, 0.2) is 0 Å². The second-order valence-corrected chi connectivity index (χ2v) is 5.23. The average molecular weight is 234 g/mol. The second kappa shape index (κ2) is 4.13. The van der Waals surface area contributed by atoms with Crippen molar-refractivity contribution in [2.45, 2.75) is 25.7 Å². The molecule has 0 saturated heterocycles. The largest absolute Gasteiger partial charge is 0.0905 e. The van der Waals surface area contributed by atoms with Crippen LogP contribution in [0.3, 0.4) is 0 Å². The molecule has 2 unspecified atom stereocenters.